The molecule has 3 heteroatoms. The summed E-state index contributed by atoms with van der Waals surface area (Å²) in [5.41, 5.74) is -0.624. The van der Waals surface area contributed by atoms with Crippen LogP contribution in [0.2, 0.25) is 0 Å². The van der Waals surface area contributed by atoms with Crippen LogP contribution in [0.5, 0.6) is 0 Å². The number of aliphatic carboxylic acids is 1. The van der Waals surface area contributed by atoms with E-state index in [1.165, 1.54) is 7.11 Å². The maximum Gasteiger partial charge on any atom is 0.306 e. The molecule has 0 saturated carbocycles. The lowest BCUT2D eigenvalue weighted by atomic mass is 9.92. The quantitative estimate of drug-likeness (QED) is 0.692. The van der Waals surface area contributed by atoms with Gasteiger partial charge in [0.15, 0.2) is 0 Å². The summed E-state index contributed by atoms with van der Waals surface area (Å²) >= 11 is 0. The number of rotatable bonds is 3. The van der Waals surface area contributed by atoms with Crippen molar-refractivity contribution in [2.45, 2.75) is 18.4 Å². The summed E-state index contributed by atoms with van der Waals surface area (Å²) in [6.07, 6.45) is 8.05. The molecule has 0 unspecified atom stereocenters. The predicted molar refractivity (Wildman–Crippen MR) is 44.9 cm³/mol. The van der Waals surface area contributed by atoms with Crippen molar-refractivity contribution in [1.29, 1.82) is 0 Å². The van der Waals surface area contributed by atoms with Crippen molar-refractivity contribution in [2.75, 3.05) is 7.11 Å². The number of allylic oxidation sites excluding steroid dienone is 2. The zero-order chi connectivity index (χ0) is 9.03. The minimum atomic E-state index is -0.836. The second kappa shape index (κ2) is 3.54. The van der Waals surface area contributed by atoms with Gasteiger partial charge in [-0.05, 0) is 6.42 Å². The molecule has 1 atom stereocenters. The third-order valence-corrected chi connectivity index (χ3v) is 1.97. The number of hydrogen-bond donors (Lipinski definition) is 1. The van der Waals surface area contributed by atoms with Gasteiger partial charge >= 0.3 is 5.97 Å². The van der Waals surface area contributed by atoms with E-state index in [0.717, 1.165) is 0 Å². The monoisotopic (exact) mass is 168 g/mol. The zero-order valence-corrected chi connectivity index (χ0v) is 6.99. The molecule has 66 valence electrons. The molecule has 0 aromatic heterocycles. The molecule has 1 aliphatic rings. The lowest BCUT2D eigenvalue weighted by Gasteiger charge is -2.27. The first kappa shape index (κ1) is 9.00. The van der Waals surface area contributed by atoms with Crippen molar-refractivity contribution in [3.05, 3.63) is 24.3 Å². The standard InChI is InChI=1S/C9H12O3/c1-12-9(7-8(10)11)5-3-2-4-6-9/h2-5H,6-7H2,1H3,(H,10,11)/t9-/m1/s1. The molecule has 1 rings (SSSR count). The van der Waals surface area contributed by atoms with Gasteiger partial charge in [0.25, 0.3) is 0 Å². The molecule has 0 aliphatic heterocycles. The Bertz CT molecular complexity index is 230. The zero-order valence-electron chi connectivity index (χ0n) is 6.99. The van der Waals surface area contributed by atoms with Gasteiger partial charge in [0, 0.05) is 7.11 Å². The van der Waals surface area contributed by atoms with Gasteiger partial charge in [-0.1, -0.05) is 24.3 Å². The van der Waals surface area contributed by atoms with E-state index in [1.807, 2.05) is 18.2 Å². The van der Waals surface area contributed by atoms with Crippen molar-refractivity contribution in [3.8, 4) is 0 Å². The first-order chi connectivity index (χ1) is 5.68. The van der Waals surface area contributed by atoms with Crippen molar-refractivity contribution in [2.24, 2.45) is 0 Å². The highest BCUT2D eigenvalue weighted by atomic mass is 16.5. The molecule has 0 bridgehead atoms. The number of carbonyl (C=O) groups is 1. The third-order valence-electron chi connectivity index (χ3n) is 1.97. The van der Waals surface area contributed by atoms with Crippen LogP contribution in [0.3, 0.4) is 0 Å². The fourth-order valence-electron chi connectivity index (χ4n) is 1.26. The molecule has 0 fully saturated rings. The Hall–Kier alpha value is -1.09. The Morgan fingerprint density at radius 3 is 2.83 bits per heavy atom. The Morgan fingerprint density at radius 2 is 2.42 bits per heavy atom. The van der Waals surface area contributed by atoms with Gasteiger partial charge in [0.1, 0.15) is 5.60 Å². The first-order valence-corrected chi connectivity index (χ1v) is 3.80. The maximum atomic E-state index is 10.5. The molecular weight excluding hydrogens is 156 g/mol. The Labute approximate surface area is 71.3 Å². The molecular formula is C9H12O3. The lowest BCUT2D eigenvalue weighted by molar-refractivity contribution is -0.141. The predicted octanol–water partition coefficient (Wildman–Crippen LogP) is 1.36. The van der Waals surface area contributed by atoms with E-state index in [-0.39, 0.29) is 6.42 Å². The Balaban J connectivity index is 2.69. The van der Waals surface area contributed by atoms with Crippen molar-refractivity contribution in [3.63, 3.8) is 0 Å². The van der Waals surface area contributed by atoms with Gasteiger partial charge < -0.3 is 9.84 Å². The third kappa shape index (κ3) is 1.95. The summed E-state index contributed by atoms with van der Waals surface area (Å²) in [6.45, 7) is 0. The minimum absolute atomic E-state index is 0.0182. The van der Waals surface area contributed by atoms with E-state index in [0.29, 0.717) is 6.42 Å². The SMILES string of the molecule is CO[C@]1(CC(=O)O)C=CC=CC1. The summed E-state index contributed by atoms with van der Waals surface area (Å²) in [4.78, 5) is 10.5. The van der Waals surface area contributed by atoms with Crippen LogP contribution in [0.4, 0.5) is 0 Å². The fraction of sp³-hybridized carbons (Fsp3) is 0.444. The molecule has 0 amide bonds. The van der Waals surface area contributed by atoms with E-state index in [4.69, 9.17) is 9.84 Å². The molecule has 12 heavy (non-hydrogen) atoms. The Kier molecular flexibility index (Phi) is 2.65. The number of carboxylic acid groups (broad SMARTS) is 1. The normalized spacial score (nSPS) is 27.4. The molecule has 0 spiro atoms. The van der Waals surface area contributed by atoms with E-state index in [2.05, 4.69) is 0 Å². The molecule has 0 radical (unpaired) electrons. The second-order valence-electron chi connectivity index (χ2n) is 2.83. The average Bonchev–Trinajstić information content (AvgIpc) is 2.05. The van der Waals surface area contributed by atoms with E-state index in [9.17, 15) is 4.79 Å². The molecule has 3 nitrogen and oxygen atoms in total. The summed E-state index contributed by atoms with van der Waals surface area (Å²) in [5, 5.41) is 8.62. The molecule has 1 N–H and O–H groups in total. The van der Waals surface area contributed by atoms with Crippen LogP contribution in [0.1, 0.15) is 12.8 Å². The van der Waals surface area contributed by atoms with Gasteiger partial charge in [-0.2, -0.15) is 0 Å². The highest BCUT2D eigenvalue weighted by Gasteiger charge is 2.29. The number of carboxylic acids is 1. The summed E-state index contributed by atoms with van der Waals surface area (Å²) in [6, 6.07) is 0. The van der Waals surface area contributed by atoms with Crippen LogP contribution in [0.15, 0.2) is 24.3 Å². The van der Waals surface area contributed by atoms with Gasteiger partial charge in [-0.25, -0.2) is 0 Å². The largest absolute Gasteiger partial charge is 0.481 e. The van der Waals surface area contributed by atoms with Gasteiger partial charge in [0.2, 0.25) is 0 Å². The van der Waals surface area contributed by atoms with Crippen molar-refractivity contribution < 1.29 is 14.6 Å². The van der Waals surface area contributed by atoms with Crippen LogP contribution < -0.4 is 0 Å². The van der Waals surface area contributed by atoms with Crippen LogP contribution >= 0.6 is 0 Å². The topological polar surface area (TPSA) is 46.5 Å². The smallest absolute Gasteiger partial charge is 0.306 e. The second-order valence-corrected chi connectivity index (χ2v) is 2.83. The van der Waals surface area contributed by atoms with E-state index >= 15 is 0 Å². The molecule has 0 aromatic carbocycles. The van der Waals surface area contributed by atoms with Crippen LogP contribution in [0, 0.1) is 0 Å². The molecule has 0 heterocycles. The minimum Gasteiger partial charge on any atom is -0.481 e. The Morgan fingerprint density at radius 1 is 1.67 bits per heavy atom. The highest BCUT2D eigenvalue weighted by Crippen LogP contribution is 2.25. The molecule has 1 aliphatic carbocycles. The first-order valence-electron chi connectivity index (χ1n) is 3.80. The van der Waals surface area contributed by atoms with Crippen molar-refractivity contribution in [1.82, 2.24) is 0 Å². The van der Waals surface area contributed by atoms with Crippen LogP contribution in [0.25, 0.3) is 0 Å². The molecule has 0 saturated heterocycles. The van der Waals surface area contributed by atoms with Crippen LogP contribution in [-0.2, 0) is 9.53 Å². The van der Waals surface area contributed by atoms with Gasteiger partial charge in [0.05, 0.1) is 6.42 Å². The number of methoxy groups -OCH3 is 1. The van der Waals surface area contributed by atoms with Gasteiger partial charge in [-0.15, -0.1) is 0 Å². The maximum absolute atomic E-state index is 10.5. The molecule has 0 aromatic rings. The summed E-state index contributed by atoms with van der Waals surface area (Å²) in [7, 11) is 1.53. The fourth-order valence-corrected chi connectivity index (χ4v) is 1.26. The van der Waals surface area contributed by atoms with E-state index in [1.54, 1.807) is 6.08 Å². The lowest BCUT2D eigenvalue weighted by Crippen LogP contribution is -2.32. The van der Waals surface area contributed by atoms with Crippen LogP contribution in [-0.4, -0.2) is 23.8 Å². The van der Waals surface area contributed by atoms with E-state index < -0.39 is 11.6 Å². The van der Waals surface area contributed by atoms with Crippen molar-refractivity contribution >= 4 is 5.97 Å². The summed E-state index contributed by atoms with van der Waals surface area (Å²) in [5.74, 6) is -0.836. The number of ether oxygens (including phenoxy) is 1. The highest BCUT2D eigenvalue weighted by molar-refractivity contribution is 5.69. The number of hydrogen-bond acceptors (Lipinski definition) is 2. The van der Waals surface area contributed by atoms with Gasteiger partial charge in [-0.3, -0.25) is 4.79 Å². The average molecular weight is 168 g/mol. The summed E-state index contributed by atoms with van der Waals surface area (Å²) < 4.78 is 5.17.